The number of carbonyl (C=O) groups excluding carboxylic acids is 1. The summed E-state index contributed by atoms with van der Waals surface area (Å²) in [7, 11) is 0. The van der Waals surface area contributed by atoms with Gasteiger partial charge in [-0.3, -0.25) is 4.79 Å². The Morgan fingerprint density at radius 1 is 1.91 bits per heavy atom. The summed E-state index contributed by atoms with van der Waals surface area (Å²) in [6, 6.07) is 0. The van der Waals surface area contributed by atoms with E-state index in [9.17, 15) is 4.79 Å². The van der Waals surface area contributed by atoms with Gasteiger partial charge in [0.25, 0.3) is 0 Å². The summed E-state index contributed by atoms with van der Waals surface area (Å²) in [5.41, 5.74) is 1.04. The summed E-state index contributed by atoms with van der Waals surface area (Å²) in [5.74, 6) is -0.0737. The summed E-state index contributed by atoms with van der Waals surface area (Å²) in [6.45, 7) is 1.52. The molecule has 0 spiro atoms. The molecule has 1 N–H and O–H groups in total. The number of aliphatic hydroxyl groups excluding tert-OH is 1. The topological polar surface area (TPSA) is 46.5 Å². The molecule has 0 aromatic carbocycles. The van der Waals surface area contributed by atoms with Crippen LogP contribution in [0.5, 0.6) is 0 Å². The molecule has 0 aliphatic heterocycles. The van der Waals surface area contributed by atoms with Crippen molar-refractivity contribution >= 4 is 5.97 Å². The Morgan fingerprint density at radius 2 is 2.64 bits per heavy atom. The van der Waals surface area contributed by atoms with E-state index in [0.717, 1.165) is 18.4 Å². The van der Waals surface area contributed by atoms with E-state index >= 15 is 0 Å². The molecular weight excluding hydrogens is 144 g/mol. The lowest BCUT2D eigenvalue weighted by Gasteiger charge is -2.26. The minimum absolute atomic E-state index is 0.160. The van der Waals surface area contributed by atoms with Gasteiger partial charge in [0.2, 0.25) is 0 Å². The summed E-state index contributed by atoms with van der Waals surface area (Å²) in [5, 5.41) is 8.74. The van der Waals surface area contributed by atoms with E-state index in [0.29, 0.717) is 0 Å². The first-order valence-electron chi connectivity index (χ1n) is 3.71. The summed E-state index contributed by atoms with van der Waals surface area (Å²) in [4.78, 5) is 10.4. The van der Waals surface area contributed by atoms with Gasteiger partial charge in [-0.25, -0.2) is 0 Å². The predicted octanol–water partition coefficient (Wildman–Crippen LogP) is 0.836. The Kier molecular flexibility index (Phi) is 2.65. The van der Waals surface area contributed by atoms with Crippen LogP contribution in [0.15, 0.2) is 11.8 Å². The zero-order valence-corrected chi connectivity index (χ0v) is 6.54. The van der Waals surface area contributed by atoms with Crippen molar-refractivity contribution in [3.8, 4) is 0 Å². The predicted molar refractivity (Wildman–Crippen MR) is 39.7 cm³/mol. The van der Waals surface area contributed by atoms with Crippen LogP contribution in [-0.4, -0.2) is 17.7 Å². The molecule has 0 aromatic heterocycles. The molecule has 1 unspecified atom stereocenters. The molecule has 0 saturated heterocycles. The van der Waals surface area contributed by atoms with E-state index in [4.69, 9.17) is 5.11 Å². The second-order valence-electron chi connectivity index (χ2n) is 2.72. The summed E-state index contributed by atoms with van der Waals surface area (Å²) < 4.78 is 4.67. The van der Waals surface area contributed by atoms with Crippen LogP contribution in [0.4, 0.5) is 0 Å². The molecule has 0 radical (unpaired) electrons. The van der Waals surface area contributed by atoms with Gasteiger partial charge in [-0.15, -0.1) is 0 Å². The lowest BCUT2D eigenvalue weighted by atomic mass is 9.81. The van der Waals surface area contributed by atoms with Crippen molar-refractivity contribution in [3.05, 3.63) is 11.8 Å². The van der Waals surface area contributed by atoms with E-state index in [1.165, 1.54) is 13.2 Å². The van der Waals surface area contributed by atoms with E-state index in [2.05, 4.69) is 4.74 Å². The van der Waals surface area contributed by atoms with Crippen LogP contribution in [0.2, 0.25) is 0 Å². The maximum absolute atomic E-state index is 10.4. The summed E-state index contributed by atoms with van der Waals surface area (Å²) >= 11 is 0. The largest absolute Gasteiger partial charge is 0.435 e. The van der Waals surface area contributed by atoms with E-state index in [1.54, 1.807) is 0 Å². The number of rotatable bonds is 2. The van der Waals surface area contributed by atoms with E-state index < -0.39 is 0 Å². The van der Waals surface area contributed by atoms with Gasteiger partial charge in [-0.2, -0.15) is 0 Å². The highest BCUT2D eigenvalue weighted by Gasteiger charge is 2.23. The monoisotopic (exact) mass is 156 g/mol. The summed E-state index contributed by atoms with van der Waals surface area (Å²) in [6.07, 6.45) is 3.41. The van der Waals surface area contributed by atoms with Gasteiger partial charge in [0, 0.05) is 19.4 Å². The van der Waals surface area contributed by atoms with Gasteiger partial charge in [-0.1, -0.05) is 0 Å². The molecule has 0 amide bonds. The minimum atomic E-state index is -0.305. The number of esters is 1. The van der Waals surface area contributed by atoms with E-state index in [-0.39, 0.29) is 18.5 Å². The number of aliphatic hydroxyl groups is 1. The van der Waals surface area contributed by atoms with Crippen LogP contribution in [0.3, 0.4) is 0 Å². The maximum atomic E-state index is 10.4. The molecule has 1 rings (SSSR count). The van der Waals surface area contributed by atoms with E-state index in [1.807, 2.05) is 0 Å². The molecule has 1 aliphatic rings. The first kappa shape index (κ1) is 8.27. The maximum Gasteiger partial charge on any atom is 0.307 e. The third-order valence-corrected chi connectivity index (χ3v) is 1.90. The standard InChI is InChI=1S/C8H12O3/c1-6(10)11-5-8-3-2-7(8)4-9/h5,7,9H,2-4H2,1H3/b8-5+. The zero-order valence-electron chi connectivity index (χ0n) is 6.54. The van der Waals surface area contributed by atoms with Crippen molar-refractivity contribution in [2.75, 3.05) is 6.61 Å². The Hall–Kier alpha value is -0.830. The second kappa shape index (κ2) is 3.53. The van der Waals surface area contributed by atoms with Crippen molar-refractivity contribution < 1.29 is 14.6 Å². The molecule has 1 atom stereocenters. The van der Waals surface area contributed by atoms with Crippen LogP contribution in [-0.2, 0) is 9.53 Å². The van der Waals surface area contributed by atoms with Crippen molar-refractivity contribution in [2.45, 2.75) is 19.8 Å². The molecule has 1 fully saturated rings. The molecule has 0 bridgehead atoms. The van der Waals surface area contributed by atoms with Gasteiger partial charge in [0.15, 0.2) is 0 Å². The number of ether oxygens (including phenoxy) is 1. The Morgan fingerprint density at radius 3 is 3.00 bits per heavy atom. The van der Waals surface area contributed by atoms with Gasteiger partial charge < -0.3 is 9.84 Å². The van der Waals surface area contributed by atoms with Crippen molar-refractivity contribution in [1.82, 2.24) is 0 Å². The normalized spacial score (nSPS) is 26.4. The molecule has 1 aliphatic carbocycles. The van der Waals surface area contributed by atoms with Crippen molar-refractivity contribution in [3.63, 3.8) is 0 Å². The Balaban J connectivity index is 2.35. The molecular formula is C8H12O3. The first-order valence-corrected chi connectivity index (χ1v) is 3.71. The third kappa shape index (κ3) is 2.05. The van der Waals surface area contributed by atoms with Crippen LogP contribution in [0, 0.1) is 5.92 Å². The molecule has 11 heavy (non-hydrogen) atoms. The average molecular weight is 156 g/mol. The minimum Gasteiger partial charge on any atom is -0.435 e. The van der Waals surface area contributed by atoms with Crippen LogP contribution >= 0.6 is 0 Å². The van der Waals surface area contributed by atoms with Crippen LogP contribution in [0.1, 0.15) is 19.8 Å². The fourth-order valence-corrected chi connectivity index (χ4v) is 1.04. The molecule has 62 valence electrons. The van der Waals surface area contributed by atoms with Gasteiger partial charge in [0.1, 0.15) is 0 Å². The fourth-order valence-electron chi connectivity index (χ4n) is 1.04. The average Bonchev–Trinajstić information content (AvgIpc) is 1.86. The number of hydrogen-bond acceptors (Lipinski definition) is 3. The lowest BCUT2D eigenvalue weighted by molar-refractivity contribution is -0.135. The first-order chi connectivity index (χ1) is 5.24. The van der Waals surface area contributed by atoms with Gasteiger partial charge >= 0.3 is 5.97 Å². The molecule has 1 saturated carbocycles. The molecule has 0 heterocycles. The number of carbonyl (C=O) groups is 1. The fraction of sp³-hybridized carbons (Fsp3) is 0.625. The van der Waals surface area contributed by atoms with Crippen molar-refractivity contribution in [1.29, 1.82) is 0 Å². The van der Waals surface area contributed by atoms with Gasteiger partial charge in [-0.05, 0) is 18.4 Å². The van der Waals surface area contributed by atoms with Gasteiger partial charge in [0.05, 0.1) is 6.26 Å². The highest BCUT2D eigenvalue weighted by Crippen LogP contribution is 2.32. The zero-order chi connectivity index (χ0) is 8.27. The lowest BCUT2D eigenvalue weighted by Crippen LogP contribution is -2.19. The molecule has 3 heteroatoms. The molecule has 3 nitrogen and oxygen atoms in total. The second-order valence-corrected chi connectivity index (χ2v) is 2.72. The Labute approximate surface area is 65.7 Å². The highest BCUT2D eigenvalue weighted by molar-refractivity contribution is 5.66. The quantitative estimate of drug-likeness (QED) is 0.476. The highest BCUT2D eigenvalue weighted by atomic mass is 16.5. The third-order valence-electron chi connectivity index (χ3n) is 1.90. The smallest absolute Gasteiger partial charge is 0.307 e. The van der Waals surface area contributed by atoms with Crippen molar-refractivity contribution in [2.24, 2.45) is 5.92 Å². The SMILES string of the molecule is CC(=O)O/C=C1\CCC1CO. The Bertz CT molecular complexity index is 182. The number of hydrogen-bond donors (Lipinski definition) is 1. The molecule has 0 aromatic rings. The van der Waals surface area contributed by atoms with Crippen LogP contribution in [0.25, 0.3) is 0 Å². The van der Waals surface area contributed by atoms with Crippen LogP contribution < -0.4 is 0 Å².